The maximum Gasteiger partial charge on any atom is 0.338 e. The summed E-state index contributed by atoms with van der Waals surface area (Å²) in [5.74, 6) is 4.79. The standard InChI is InChI=1S/C38H41O8PSi/c1-37(2,3)48(4,5)43-25-15-23-38(40)24-22-30-32(34(38)45-35(39)27-16-9-6-10-17-27)31-26-42-36(44-31)33(30)46-47(41,28-18-11-7-12-19-28)29-20-13-8-14-21-29/h6-14,16-22,24,31-32,34,36,40H,25-26H2,1-5H3/t31-,32+,34-,36-,38+/m1/s1. The van der Waals surface area contributed by atoms with Crippen molar-refractivity contribution in [1.29, 1.82) is 0 Å². The first-order chi connectivity index (χ1) is 22.8. The number of hydrogen-bond acceptors (Lipinski definition) is 8. The minimum Gasteiger partial charge on any atom is -0.453 e. The Morgan fingerprint density at radius 1 is 0.979 bits per heavy atom. The summed E-state index contributed by atoms with van der Waals surface area (Å²) in [6, 6.07) is 26.5. The zero-order valence-electron chi connectivity index (χ0n) is 27.8. The smallest absolute Gasteiger partial charge is 0.338 e. The minimum absolute atomic E-state index is 0.0163. The third kappa shape index (κ3) is 6.62. The Kier molecular flexibility index (Phi) is 9.45. The summed E-state index contributed by atoms with van der Waals surface area (Å²) in [4.78, 5) is 13.5. The van der Waals surface area contributed by atoms with Crippen molar-refractivity contribution in [3.63, 3.8) is 0 Å². The summed E-state index contributed by atoms with van der Waals surface area (Å²) in [5.41, 5.74) is -1.02. The van der Waals surface area contributed by atoms with Gasteiger partial charge in [0.05, 0.1) is 41.4 Å². The van der Waals surface area contributed by atoms with Crippen molar-refractivity contribution in [2.24, 2.45) is 5.92 Å². The third-order valence-corrected chi connectivity index (χ3v) is 16.4. The lowest BCUT2D eigenvalue weighted by molar-refractivity contribution is -0.111. The van der Waals surface area contributed by atoms with Gasteiger partial charge in [-0.15, -0.1) is 0 Å². The Morgan fingerprint density at radius 2 is 1.56 bits per heavy atom. The van der Waals surface area contributed by atoms with E-state index in [9.17, 15) is 14.5 Å². The molecule has 2 bridgehead atoms. The SMILES string of the molecule is CC(C)(C)[Si](C)(C)OCC#C[C@]1(O)C=CC2=C(OP(=O)(c3ccccc3)c3ccccc3)[C@@H]3OC[C@@H](O3)[C@H]2[C@H]1OC(=O)c1ccccc1. The van der Waals surface area contributed by atoms with Gasteiger partial charge in [-0.2, -0.15) is 0 Å². The highest BCUT2D eigenvalue weighted by Gasteiger charge is 2.56. The van der Waals surface area contributed by atoms with Crippen LogP contribution in [-0.4, -0.2) is 56.7 Å². The van der Waals surface area contributed by atoms with E-state index in [0.29, 0.717) is 21.7 Å². The van der Waals surface area contributed by atoms with Gasteiger partial charge in [-0.1, -0.05) is 93.3 Å². The van der Waals surface area contributed by atoms with E-state index in [-0.39, 0.29) is 24.0 Å². The van der Waals surface area contributed by atoms with Gasteiger partial charge in [0.15, 0.2) is 25.8 Å². The Morgan fingerprint density at radius 3 is 2.15 bits per heavy atom. The monoisotopic (exact) mass is 684 g/mol. The van der Waals surface area contributed by atoms with Gasteiger partial charge in [-0.3, -0.25) is 4.57 Å². The molecular weight excluding hydrogens is 643 g/mol. The second-order valence-corrected chi connectivity index (χ2v) is 20.8. The highest BCUT2D eigenvalue weighted by atomic mass is 31.2. The summed E-state index contributed by atoms with van der Waals surface area (Å²) in [5, 5.41) is 13.1. The maximum atomic E-state index is 15.0. The van der Waals surface area contributed by atoms with Gasteiger partial charge in [-0.05, 0) is 60.6 Å². The Labute approximate surface area is 283 Å². The fourth-order valence-corrected chi connectivity index (χ4v) is 8.74. The van der Waals surface area contributed by atoms with Crippen LogP contribution in [-0.2, 0) is 27.7 Å². The first-order valence-electron chi connectivity index (χ1n) is 16.1. The summed E-state index contributed by atoms with van der Waals surface area (Å²) >= 11 is 0. The van der Waals surface area contributed by atoms with Crippen LogP contribution >= 0.6 is 7.37 Å². The number of esters is 1. The number of allylic oxidation sites excluding steroid dienone is 1. The highest BCUT2D eigenvalue weighted by Crippen LogP contribution is 2.53. The fraction of sp³-hybridized carbons (Fsp3) is 0.342. The lowest BCUT2D eigenvalue weighted by atomic mass is 9.73. The van der Waals surface area contributed by atoms with E-state index in [0.717, 1.165) is 0 Å². The predicted molar refractivity (Wildman–Crippen MR) is 187 cm³/mol. The Hall–Kier alpha value is -3.74. The number of carbonyl (C=O) groups excluding carboxylic acids is 1. The van der Waals surface area contributed by atoms with Gasteiger partial charge in [0.2, 0.25) is 6.29 Å². The number of aliphatic hydroxyl groups is 1. The van der Waals surface area contributed by atoms with Crippen molar-refractivity contribution in [1.82, 2.24) is 0 Å². The molecule has 0 unspecified atom stereocenters. The molecule has 3 aromatic rings. The molecule has 0 radical (unpaired) electrons. The number of fused-ring (bicyclic) bond motifs is 4. The molecule has 0 aromatic heterocycles. The minimum atomic E-state index is -3.73. The van der Waals surface area contributed by atoms with Crippen LogP contribution in [0.4, 0.5) is 0 Å². The second kappa shape index (κ2) is 13.3. The fourth-order valence-electron chi connectivity index (χ4n) is 5.76. The summed E-state index contributed by atoms with van der Waals surface area (Å²) in [6.07, 6.45) is 0.455. The normalized spacial score (nSPS) is 25.1. The van der Waals surface area contributed by atoms with Crippen LogP contribution in [0.3, 0.4) is 0 Å². The highest BCUT2D eigenvalue weighted by molar-refractivity contribution is 7.74. The zero-order chi connectivity index (χ0) is 34.2. The third-order valence-electron chi connectivity index (χ3n) is 9.51. The van der Waals surface area contributed by atoms with Crippen LogP contribution in [0, 0.1) is 17.8 Å². The number of hydrogen-bond donors (Lipinski definition) is 1. The Balaban J connectivity index is 1.43. The number of benzene rings is 3. The number of rotatable bonds is 8. The van der Waals surface area contributed by atoms with Crippen LogP contribution < -0.4 is 10.6 Å². The lowest BCUT2D eigenvalue weighted by Crippen LogP contribution is -2.55. The largest absolute Gasteiger partial charge is 0.453 e. The Bertz CT molecular complexity index is 1760. The molecule has 8 nitrogen and oxygen atoms in total. The van der Waals surface area contributed by atoms with Crippen molar-refractivity contribution >= 4 is 32.3 Å². The molecule has 6 rings (SSSR count). The molecule has 48 heavy (non-hydrogen) atoms. The first kappa shape index (κ1) is 34.1. The average molecular weight is 685 g/mol. The average Bonchev–Trinajstić information content (AvgIpc) is 3.52. The summed E-state index contributed by atoms with van der Waals surface area (Å²) in [6.45, 7) is 10.9. The molecule has 10 heteroatoms. The van der Waals surface area contributed by atoms with E-state index in [1.165, 1.54) is 6.08 Å². The van der Waals surface area contributed by atoms with E-state index < -0.39 is 51.7 Å². The summed E-state index contributed by atoms with van der Waals surface area (Å²) < 4.78 is 46.3. The molecule has 0 spiro atoms. The maximum absolute atomic E-state index is 15.0. The van der Waals surface area contributed by atoms with E-state index in [2.05, 4.69) is 45.7 Å². The first-order valence-corrected chi connectivity index (χ1v) is 20.6. The molecular formula is C38H41O8PSi. The van der Waals surface area contributed by atoms with E-state index in [1.54, 1.807) is 60.7 Å². The van der Waals surface area contributed by atoms with Gasteiger partial charge < -0.3 is 28.3 Å². The molecule has 1 fully saturated rings. The van der Waals surface area contributed by atoms with Crippen molar-refractivity contribution in [2.45, 2.75) is 63.0 Å². The predicted octanol–water partition coefficient (Wildman–Crippen LogP) is 6.11. The van der Waals surface area contributed by atoms with Crippen LogP contribution in [0.15, 0.2) is 114 Å². The molecule has 0 saturated carbocycles. The van der Waals surface area contributed by atoms with Crippen LogP contribution in [0.1, 0.15) is 31.1 Å². The topological polar surface area (TPSA) is 101 Å². The molecule has 2 aliphatic heterocycles. The molecule has 1 N–H and O–H groups in total. The van der Waals surface area contributed by atoms with Crippen LogP contribution in [0.5, 0.6) is 0 Å². The second-order valence-electron chi connectivity index (χ2n) is 13.7. The van der Waals surface area contributed by atoms with Gasteiger partial charge >= 0.3 is 13.3 Å². The molecule has 250 valence electrons. The number of ether oxygens (including phenoxy) is 3. The molecule has 5 atom stereocenters. The molecule has 1 aliphatic carbocycles. The molecule has 2 heterocycles. The van der Waals surface area contributed by atoms with Gasteiger partial charge in [0.25, 0.3) is 0 Å². The molecule has 1 saturated heterocycles. The van der Waals surface area contributed by atoms with Gasteiger partial charge in [-0.25, -0.2) is 4.79 Å². The van der Waals surface area contributed by atoms with E-state index >= 15 is 0 Å². The molecule has 3 aliphatic rings. The van der Waals surface area contributed by atoms with Crippen molar-refractivity contribution in [2.75, 3.05) is 13.2 Å². The van der Waals surface area contributed by atoms with Crippen LogP contribution in [0.2, 0.25) is 18.1 Å². The number of carbonyl (C=O) groups is 1. The van der Waals surface area contributed by atoms with Crippen LogP contribution in [0.25, 0.3) is 0 Å². The molecule has 0 amide bonds. The van der Waals surface area contributed by atoms with Gasteiger partial charge in [0, 0.05) is 5.57 Å². The molecule has 3 aromatic carbocycles. The van der Waals surface area contributed by atoms with E-state index in [1.807, 2.05) is 36.4 Å². The van der Waals surface area contributed by atoms with Crippen molar-refractivity contribution < 1.29 is 37.6 Å². The lowest BCUT2D eigenvalue weighted by Gasteiger charge is -2.43. The zero-order valence-corrected chi connectivity index (χ0v) is 29.7. The summed E-state index contributed by atoms with van der Waals surface area (Å²) in [7, 11) is -5.83. The van der Waals surface area contributed by atoms with Crippen molar-refractivity contribution in [3.05, 3.63) is 120 Å². The van der Waals surface area contributed by atoms with E-state index in [4.69, 9.17) is 23.2 Å². The van der Waals surface area contributed by atoms with Gasteiger partial charge in [0.1, 0.15) is 0 Å². The van der Waals surface area contributed by atoms with Crippen molar-refractivity contribution in [3.8, 4) is 11.8 Å². The quantitative estimate of drug-likeness (QED) is 0.131.